The lowest BCUT2D eigenvalue weighted by atomic mass is 9.87. The zero-order valence-electron chi connectivity index (χ0n) is 30.9. The molecule has 12 nitrogen and oxygen atoms in total. The van der Waals surface area contributed by atoms with E-state index in [0.717, 1.165) is 39.2 Å². The molecular weight excluding hydrogens is 660 g/mol. The number of rotatable bonds is 9. The summed E-state index contributed by atoms with van der Waals surface area (Å²) in [6.45, 7) is 15.8. The average Bonchev–Trinajstić information content (AvgIpc) is 3.49. The molecule has 3 aromatic carbocycles. The van der Waals surface area contributed by atoms with E-state index in [9.17, 15) is 19.5 Å². The highest BCUT2D eigenvalue weighted by Crippen LogP contribution is 2.28. The number of hydrogen-bond acceptors (Lipinski definition) is 8. The number of carboxylic acids is 1. The molecule has 0 saturated carbocycles. The first kappa shape index (κ1) is 37.5. The van der Waals surface area contributed by atoms with E-state index >= 15 is 0 Å². The molecule has 2 unspecified atom stereocenters. The quantitative estimate of drug-likeness (QED) is 0.162. The van der Waals surface area contributed by atoms with Crippen LogP contribution in [-0.2, 0) is 26.2 Å². The second-order valence-corrected chi connectivity index (χ2v) is 15.0. The number of nitrogens with zero attached hydrogens (tertiary/aromatic N) is 4. The minimum Gasteiger partial charge on any atom is -0.480 e. The average molecular weight is 707 g/mol. The maximum absolute atomic E-state index is 13.1. The number of carboxylic acid groups (broad SMARTS) is 1. The van der Waals surface area contributed by atoms with Gasteiger partial charge in [0, 0.05) is 29.2 Å². The van der Waals surface area contributed by atoms with Crippen LogP contribution in [0.1, 0.15) is 93.2 Å². The minimum atomic E-state index is -1.19. The number of nitrogens with one attached hydrogen (secondary N) is 2. The molecule has 2 atom stereocenters. The smallest absolute Gasteiger partial charge is 0.412 e. The molecule has 0 aliphatic carbocycles. The van der Waals surface area contributed by atoms with E-state index in [0.29, 0.717) is 17.9 Å². The molecule has 0 fully saturated rings. The van der Waals surface area contributed by atoms with Crippen molar-refractivity contribution in [1.82, 2.24) is 20.3 Å². The zero-order valence-corrected chi connectivity index (χ0v) is 30.9. The summed E-state index contributed by atoms with van der Waals surface area (Å²) in [5.74, 6) is -1.17. The third kappa shape index (κ3) is 9.51. The van der Waals surface area contributed by atoms with Crippen LogP contribution < -0.4 is 10.6 Å². The molecule has 12 heteroatoms. The first-order chi connectivity index (χ1) is 24.5. The number of aryl methyl sites for hydroxylation is 1. The van der Waals surface area contributed by atoms with Gasteiger partial charge >= 0.3 is 12.1 Å². The van der Waals surface area contributed by atoms with Crippen LogP contribution in [-0.4, -0.2) is 55.4 Å². The van der Waals surface area contributed by atoms with Gasteiger partial charge in [0.15, 0.2) is 11.5 Å². The molecule has 0 bridgehead atoms. The van der Waals surface area contributed by atoms with Gasteiger partial charge in [-0.25, -0.2) is 14.3 Å². The monoisotopic (exact) mass is 706 g/mol. The predicted molar refractivity (Wildman–Crippen MR) is 200 cm³/mol. The van der Waals surface area contributed by atoms with E-state index in [4.69, 9.17) is 9.57 Å². The number of aliphatic carboxylic acids is 1. The van der Waals surface area contributed by atoms with E-state index in [1.807, 2.05) is 67.6 Å². The summed E-state index contributed by atoms with van der Waals surface area (Å²) in [7, 11) is 0. The Morgan fingerprint density at radius 3 is 2.31 bits per heavy atom. The molecule has 52 heavy (non-hydrogen) atoms. The third-order valence-corrected chi connectivity index (χ3v) is 8.51. The Labute approximate surface area is 303 Å². The van der Waals surface area contributed by atoms with Gasteiger partial charge in [0.2, 0.25) is 0 Å². The number of aromatic nitrogens is 3. The van der Waals surface area contributed by atoms with Crippen molar-refractivity contribution in [1.29, 1.82) is 0 Å². The number of carbonyl (C=O) groups is 3. The van der Waals surface area contributed by atoms with Crippen LogP contribution in [0.25, 0.3) is 11.4 Å². The summed E-state index contributed by atoms with van der Waals surface area (Å²) in [4.78, 5) is 43.4. The molecule has 1 aliphatic rings. The SMILES string of the molecule is Cc1cc(CC(NC(=O)c2cn(-c3ccc(C(C)(C)C)cc3)nn2)C(=O)O)ccc1C1=NOC(c2ccc(NC(=O)OC(C)(C)C)cc2)=CCC1C. The Hall–Kier alpha value is -5.78. The Balaban J connectivity index is 1.23. The van der Waals surface area contributed by atoms with Crippen LogP contribution in [0.5, 0.6) is 0 Å². The van der Waals surface area contributed by atoms with E-state index < -0.39 is 29.6 Å². The van der Waals surface area contributed by atoms with Gasteiger partial charge in [0.05, 0.1) is 17.6 Å². The fourth-order valence-electron chi connectivity index (χ4n) is 5.66. The molecule has 1 aromatic heterocycles. The lowest BCUT2D eigenvalue weighted by Gasteiger charge is -2.19. The van der Waals surface area contributed by atoms with Crippen LogP contribution in [0.2, 0.25) is 0 Å². The second-order valence-electron chi connectivity index (χ2n) is 15.0. The standard InChI is InChI=1S/C40H46N6O6/c1-24-9-20-34(27-11-15-29(16-12-27)41-38(50)51-40(6,7)8)52-44-35(24)31-19-10-26(21-25(31)2)22-32(37(48)49)42-36(47)33-23-46(45-43-33)30-17-13-28(14-18-30)39(3,4)5/h10-21,23-24,32H,9,22H2,1-8H3,(H,41,50)(H,42,47)(H,48,49). The van der Waals surface area contributed by atoms with Crippen molar-refractivity contribution < 1.29 is 29.1 Å². The Bertz CT molecular complexity index is 2000. The molecule has 2 heterocycles. The number of hydrogen-bond donors (Lipinski definition) is 3. The molecule has 0 radical (unpaired) electrons. The van der Waals surface area contributed by atoms with E-state index in [1.54, 1.807) is 32.9 Å². The Kier molecular flexibility index (Phi) is 11.0. The van der Waals surface area contributed by atoms with Crippen molar-refractivity contribution in [2.24, 2.45) is 11.1 Å². The van der Waals surface area contributed by atoms with Gasteiger partial charge in [-0.1, -0.05) is 68.4 Å². The number of ether oxygens (including phenoxy) is 1. The number of amides is 2. The van der Waals surface area contributed by atoms with Crippen LogP contribution in [0.4, 0.5) is 10.5 Å². The summed E-state index contributed by atoms with van der Waals surface area (Å²) >= 11 is 0. The summed E-state index contributed by atoms with van der Waals surface area (Å²) in [5.41, 5.74) is 5.97. The molecule has 1 aliphatic heterocycles. The van der Waals surface area contributed by atoms with Crippen LogP contribution in [0.15, 0.2) is 84.2 Å². The highest BCUT2D eigenvalue weighted by Gasteiger charge is 2.25. The molecule has 3 N–H and O–H groups in total. The van der Waals surface area contributed by atoms with E-state index in [2.05, 4.69) is 53.8 Å². The lowest BCUT2D eigenvalue weighted by Crippen LogP contribution is -2.42. The highest BCUT2D eigenvalue weighted by atomic mass is 16.6. The first-order valence-electron chi connectivity index (χ1n) is 17.2. The summed E-state index contributed by atoms with van der Waals surface area (Å²) < 4.78 is 6.81. The maximum Gasteiger partial charge on any atom is 0.412 e. The fraction of sp³-hybridized carbons (Fsp3) is 0.350. The minimum absolute atomic E-state index is 0.00480. The molecule has 272 valence electrons. The maximum atomic E-state index is 13.1. The van der Waals surface area contributed by atoms with Crippen molar-refractivity contribution in [3.63, 3.8) is 0 Å². The molecular formula is C40H46N6O6. The number of oxime groups is 1. The van der Waals surface area contributed by atoms with Crippen molar-refractivity contribution in [2.45, 2.75) is 85.3 Å². The normalized spacial score (nSPS) is 15.3. The van der Waals surface area contributed by atoms with Gasteiger partial charge in [0.1, 0.15) is 11.6 Å². The molecule has 5 rings (SSSR count). The van der Waals surface area contributed by atoms with Crippen molar-refractivity contribution in [3.05, 3.63) is 113 Å². The summed E-state index contributed by atoms with van der Waals surface area (Å²) in [6.07, 6.45) is 3.68. The number of allylic oxidation sites excluding steroid dienone is 1. The van der Waals surface area contributed by atoms with Crippen LogP contribution >= 0.6 is 0 Å². The van der Waals surface area contributed by atoms with Gasteiger partial charge in [0.25, 0.3) is 5.91 Å². The zero-order chi connectivity index (χ0) is 37.8. The molecule has 2 amide bonds. The van der Waals surface area contributed by atoms with Crippen LogP contribution in [0.3, 0.4) is 0 Å². The Morgan fingerprint density at radius 1 is 1.00 bits per heavy atom. The number of carbonyl (C=O) groups excluding carboxylic acids is 2. The molecule has 0 spiro atoms. The van der Waals surface area contributed by atoms with E-state index in [-0.39, 0.29) is 23.4 Å². The van der Waals surface area contributed by atoms with Crippen LogP contribution in [0, 0.1) is 12.8 Å². The third-order valence-electron chi connectivity index (χ3n) is 8.51. The van der Waals surface area contributed by atoms with Crippen molar-refractivity contribution in [2.75, 3.05) is 5.32 Å². The number of anilines is 1. The van der Waals surface area contributed by atoms with E-state index in [1.165, 1.54) is 10.9 Å². The lowest BCUT2D eigenvalue weighted by molar-refractivity contribution is -0.139. The first-order valence-corrected chi connectivity index (χ1v) is 17.2. The van der Waals surface area contributed by atoms with Gasteiger partial charge in [-0.3, -0.25) is 10.1 Å². The van der Waals surface area contributed by atoms with Gasteiger partial charge in [-0.2, -0.15) is 0 Å². The predicted octanol–water partition coefficient (Wildman–Crippen LogP) is 7.45. The summed E-state index contributed by atoms with van der Waals surface area (Å²) in [6, 6.07) is 19.5. The van der Waals surface area contributed by atoms with Gasteiger partial charge < -0.3 is 20.0 Å². The number of benzene rings is 3. The topological polar surface area (TPSA) is 157 Å². The van der Waals surface area contributed by atoms with Crippen molar-refractivity contribution in [3.8, 4) is 5.69 Å². The highest BCUT2D eigenvalue weighted by molar-refractivity contribution is 6.03. The molecule has 4 aromatic rings. The summed E-state index contributed by atoms with van der Waals surface area (Å²) in [5, 5.41) is 27.9. The van der Waals surface area contributed by atoms with Crippen molar-refractivity contribution >= 4 is 35.1 Å². The Morgan fingerprint density at radius 2 is 1.69 bits per heavy atom. The molecule has 0 saturated heterocycles. The largest absolute Gasteiger partial charge is 0.480 e. The van der Waals surface area contributed by atoms with Gasteiger partial charge in [-0.15, -0.1) is 5.10 Å². The van der Waals surface area contributed by atoms with Gasteiger partial charge in [-0.05, 0) is 98.7 Å². The second kappa shape index (κ2) is 15.2. The fourth-order valence-corrected chi connectivity index (χ4v) is 5.66.